The minimum Gasteiger partial charge on any atom is -0.374 e. The first-order valence-corrected chi connectivity index (χ1v) is 8.03. The topological polar surface area (TPSA) is 48.1 Å². The van der Waals surface area contributed by atoms with Crippen LogP contribution in [0.5, 0.6) is 0 Å². The molecule has 1 atom stereocenters. The Hall–Kier alpha value is -1.23. The molecule has 1 aromatic heterocycles. The van der Waals surface area contributed by atoms with Gasteiger partial charge in [-0.1, -0.05) is 24.3 Å². The van der Waals surface area contributed by atoms with Crippen molar-refractivity contribution >= 4 is 11.3 Å². The van der Waals surface area contributed by atoms with Crippen molar-refractivity contribution in [3.63, 3.8) is 0 Å². The van der Waals surface area contributed by atoms with Crippen molar-refractivity contribution < 1.29 is 4.74 Å². The summed E-state index contributed by atoms with van der Waals surface area (Å²) in [5.74, 6) is 0. The van der Waals surface area contributed by atoms with Crippen molar-refractivity contribution in [2.45, 2.75) is 37.8 Å². The number of thiazole rings is 1. The normalized spacial score (nSPS) is 25.1. The van der Waals surface area contributed by atoms with Gasteiger partial charge in [-0.05, 0) is 36.8 Å². The molecule has 0 saturated carbocycles. The lowest BCUT2D eigenvalue weighted by Gasteiger charge is -2.33. The predicted molar refractivity (Wildman–Crippen MR) is 79.8 cm³/mol. The maximum Gasteiger partial charge on any atom is 0.120 e. The molecule has 0 radical (unpaired) electrons. The summed E-state index contributed by atoms with van der Waals surface area (Å²) in [5, 5.41) is 1.02. The third kappa shape index (κ3) is 1.83. The second-order valence-corrected chi connectivity index (χ2v) is 6.80. The molecule has 0 spiro atoms. The lowest BCUT2D eigenvalue weighted by atomic mass is 9.87. The summed E-state index contributed by atoms with van der Waals surface area (Å²) < 4.78 is 5.74. The number of rotatable bonds is 1. The van der Waals surface area contributed by atoms with E-state index in [9.17, 15) is 0 Å². The fraction of sp³-hybridized carbons (Fsp3) is 0.438. The van der Waals surface area contributed by atoms with Gasteiger partial charge in [0.2, 0.25) is 0 Å². The van der Waals surface area contributed by atoms with Gasteiger partial charge >= 0.3 is 0 Å². The second kappa shape index (κ2) is 4.65. The van der Waals surface area contributed by atoms with Crippen molar-refractivity contribution in [3.8, 4) is 0 Å². The first-order chi connectivity index (χ1) is 9.77. The van der Waals surface area contributed by atoms with E-state index in [1.807, 2.05) is 6.07 Å². The Labute approximate surface area is 122 Å². The van der Waals surface area contributed by atoms with Crippen LogP contribution in [0.15, 0.2) is 24.3 Å². The summed E-state index contributed by atoms with van der Waals surface area (Å²) in [5.41, 5.74) is 9.79. The summed E-state index contributed by atoms with van der Waals surface area (Å²) in [6.07, 6.45) is 4.79. The Bertz CT molecular complexity index is 628. The standard InChI is InChI=1S/C16H18N2OS/c17-16(10-19-9-11-5-1-2-6-12(11)16)15-18-13-7-3-4-8-14(13)20-15/h1-2,5-6H,3-4,7-10,17H2. The highest BCUT2D eigenvalue weighted by Gasteiger charge is 2.38. The number of aromatic nitrogens is 1. The molecule has 3 nitrogen and oxygen atoms in total. The molecule has 0 bridgehead atoms. The smallest absolute Gasteiger partial charge is 0.120 e. The molecule has 1 aromatic carbocycles. The molecule has 0 amide bonds. The van der Waals surface area contributed by atoms with Gasteiger partial charge in [-0.15, -0.1) is 11.3 Å². The van der Waals surface area contributed by atoms with Crippen LogP contribution in [-0.2, 0) is 29.7 Å². The fourth-order valence-electron chi connectivity index (χ4n) is 3.20. The highest BCUT2D eigenvalue weighted by atomic mass is 32.1. The Morgan fingerprint density at radius 3 is 2.95 bits per heavy atom. The summed E-state index contributed by atoms with van der Waals surface area (Å²) in [6, 6.07) is 8.32. The molecule has 4 heteroatoms. The average Bonchev–Trinajstić information content (AvgIpc) is 2.92. The van der Waals surface area contributed by atoms with Crippen LogP contribution < -0.4 is 5.73 Å². The molecule has 2 aromatic rings. The minimum absolute atomic E-state index is 0.524. The molecule has 2 heterocycles. The molecule has 0 fully saturated rings. The molecule has 0 saturated heterocycles. The number of hydrogen-bond acceptors (Lipinski definition) is 4. The third-order valence-corrected chi connectivity index (χ3v) is 5.65. The van der Waals surface area contributed by atoms with Crippen LogP contribution in [0.1, 0.15) is 39.5 Å². The van der Waals surface area contributed by atoms with Gasteiger partial charge in [-0.3, -0.25) is 0 Å². The quantitative estimate of drug-likeness (QED) is 0.877. The van der Waals surface area contributed by atoms with Crippen molar-refractivity contribution in [2.75, 3.05) is 6.61 Å². The summed E-state index contributed by atoms with van der Waals surface area (Å²) in [7, 11) is 0. The van der Waals surface area contributed by atoms with E-state index in [0.717, 1.165) is 17.8 Å². The largest absolute Gasteiger partial charge is 0.374 e. The van der Waals surface area contributed by atoms with E-state index < -0.39 is 5.54 Å². The Kier molecular flexibility index (Phi) is 2.91. The molecule has 4 rings (SSSR count). The van der Waals surface area contributed by atoms with Gasteiger partial charge in [0, 0.05) is 4.88 Å². The minimum atomic E-state index is -0.573. The number of nitrogens with zero attached hydrogens (tertiary/aromatic N) is 1. The number of hydrogen-bond donors (Lipinski definition) is 1. The van der Waals surface area contributed by atoms with E-state index in [1.54, 1.807) is 11.3 Å². The zero-order valence-corrected chi connectivity index (χ0v) is 12.2. The molecule has 2 N–H and O–H groups in total. The highest BCUT2D eigenvalue weighted by molar-refractivity contribution is 7.12. The first-order valence-electron chi connectivity index (χ1n) is 7.21. The van der Waals surface area contributed by atoms with Gasteiger partial charge in [0.25, 0.3) is 0 Å². The maximum atomic E-state index is 6.73. The van der Waals surface area contributed by atoms with Crippen molar-refractivity contribution in [1.29, 1.82) is 0 Å². The molecule has 1 unspecified atom stereocenters. The summed E-state index contributed by atoms with van der Waals surface area (Å²) >= 11 is 1.79. The predicted octanol–water partition coefficient (Wildman–Crippen LogP) is 2.75. The van der Waals surface area contributed by atoms with E-state index in [4.69, 9.17) is 15.5 Å². The maximum absolute atomic E-state index is 6.73. The van der Waals surface area contributed by atoms with Gasteiger partial charge in [0.15, 0.2) is 0 Å². The van der Waals surface area contributed by atoms with Crippen LogP contribution in [0.25, 0.3) is 0 Å². The molecule has 1 aliphatic heterocycles. The highest BCUT2D eigenvalue weighted by Crippen LogP contribution is 2.38. The van der Waals surface area contributed by atoms with E-state index >= 15 is 0 Å². The van der Waals surface area contributed by atoms with E-state index in [0.29, 0.717) is 13.2 Å². The van der Waals surface area contributed by atoms with Crippen molar-refractivity contribution in [3.05, 3.63) is 51.0 Å². The summed E-state index contributed by atoms with van der Waals surface area (Å²) in [4.78, 5) is 6.29. The number of benzene rings is 1. The average molecular weight is 286 g/mol. The van der Waals surface area contributed by atoms with Crippen molar-refractivity contribution in [1.82, 2.24) is 4.98 Å². The third-order valence-electron chi connectivity index (χ3n) is 4.31. The van der Waals surface area contributed by atoms with Gasteiger partial charge in [0.1, 0.15) is 10.5 Å². The molecule has 2 aliphatic rings. The van der Waals surface area contributed by atoms with Crippen LogP contribution in [0.3, 0.4) is 0 Å². The molecule has 104 valence electrons. The fourth-order valence-corrected chi connectivity index (χ4v) is 4.45. The van der Waals surface area contributed by atoms with Crippen LogP contribution in [0, 0.1) is 0 Å². The van der Waals surface area contributed by atoms with Crippen LogP contribution in [0.4, 0.5) is 0 Å². The second-order valence-electron chi connectivity index (χ2n) is 5.72. The number of aryl methyl sites for hydroxylation is 2. The Morgan fingerprint density at radius 1 is 1.20 bits per heavy atom. The van der Waals surface area contributed by atoms with Gasteiger partial charge in [-0.25, -0.2) is 4.98 Å². The number of fused-ring (bicyclic) bond motifs is 2. The first kappa shape index (κ1) is 12.5. The van der Waals surface area contributed by atoms with Crippen LogP contribution in [-0.4, -0.2) is 11.6 Å². The van der Waals surface area contributed by atoms with E-state index in [-0.39, 0.29) is 0 Å². The van der Waals surface area contributed by atoms with Crippen LogP contribution in [0.2, 0.25) is 0 Å². The SMILES string of the molecule is NC1(c2nc3c(s2)CCCC3)COCc2ccccc21. The van der Waals surface area contributed by atoms with Gasteiger partial charge in [-0.2, -0.15) is 0 Å². The molecule has 20 heavy (non-hydrogen) atoms. The lowest BCUT2D eigenvalue weighted by Crippen LogP contribution is -2.45. The van der Waals surface area contributed by atoms with Gasteiger partial charge < -0.3 is 10.5 Å². The number of nitrogens with two attached hydrogens (primary N) is 1. The number of ether oxygens (including phenoxy) is 1. The van der Waals surface area contributed by atoms with Crippen molar-refractivity contribution in [2.24, 2.45) is 5.73 Å². The summed E-state index contributed by atoms with van der Waals surface area (Å²) in [6.45, 7) is 1.18. The molecular weight excluding hydrogens is 268 g/mol. The lowest BCUT2D eigenvalue weighted by molar-refractivity contribution is 0.0671. The molecule has 1 aliphatic carbocycles. The zero-order chi connectivity index (χ0) is 13.6. The van der Waals surface area contributed by atoms with Crippen LogP contribution >= 0.6 is 11.3 Å². The van der Waals surface area contributed by atoms with E-state index in [1.165, 1.54) is 34.5 Å². The molecular formula is C16H18N2OS. The monoisotopic (exact) mass is 286 g/mol. The zero-order valence-electron chi connectivity index (χ0n) is 11.4. The van der Waals surface area contributed by atoms with E-state index in [2.05, 4.69) is 18.2 Å². The van der Waals surface area contributed by atoms with Gasteiger partial charge in [0.05, 0.1) is 18.9 Å². The Balaban J connectivity index is 1.83. The Morgan fingerprint density at radius 2 is 2.05 bits per heavy atom.